The van der Waals surface area contributed by atoms with E-state index < -0.39 is 0 Å². The van der Waals surface area contributed by atoms with Gasteiger partial charge in [0.25, 0.3) is 0 Å². The van der Waals surface area contributed by atoms with Crippen LogP contribution in [0, 0.1) is 0 Å². The van der Waals surface area contributed by atoms with Crippen LogP contribution in [0.4, 0.5) is 0 Å². The van der Waals surface area contributed by atoms with Crippen molar-refractivity contribution < 1.29 is 14.2 Å². The number of hydrogen-bond donors (Lipinski definition) is 2. The van der Waals surface area contributed by atoms with Gasteiger partial charge in [-0.2, -0.15) is 0 Å². The lowest BCUT2D eigenvalue weighted by molar-refractivity contribution is 0.0325. The predicted molar refractivity (Wildman–Crippen MR) is 95.7 cm³/mol. The molecular weight excluding hydrogens is 308 g/mol. The number of hydrogen-bond acceptors (Lipinski definition) is 7. The minimum atomic E-state index is 0.685. The predicted octanol–water partition coefficient (Wildman–Crippen LogP) is -0.763. The summed E-state index contributed by atoms with van der Waals surface area (Å²) in [6.45, 7) is 14.6. The molecule has 2 saturated heterocycles. The first-order valence-corrected chi connectivity index (χ1v) is 9.54. The molecule has 2 N–H and O–H groups in total. The van der Waals surface area contributed by atoms with E-state index in [1.807, 2.05) is 0 Å². The van der Waals surface area contributed by atoms with E-state index in [4.69, 9.17) is 14.2 Å². The average molecular weight is 345 g/mol. The maximum absolute atomic E-state index is 5.86. The molecule has 0 saturated carbocycles. The zero-order chi connectivity index (χ0) is 16.7. The minimum absolute atomic E-state index is 0.685. The van der Waals surface area contributed by atoms with Crippen LogP contribution >= 0.6 is 0 Å². The molecule has 2 aliphatic rings. The normalized spacial score (nSPS) is 31.0. The van der Waals surface area contributed by atoms with Crippen molar-refractivity contribution in [2.24, 2.45) is 0 Å². The summed E-state index contributed by atoms with van der Waals surface area (Å²) in [4.78, 5) is 4.85. The van der Waals surface area contributed by atoms with Crippen LogP contribution in [0.5, 0.6) is 0 Å². The molecule has 0 aromatic carbocycles. The van der Waals surface area contributed by atoms with Crippen molar-refractivity contribution in [1.82, 2.24) is 20.4 Å². The van der Waals surface area contributed by atoms with Gasteiger partial charge in [0.15, 0.2) is 0 Å². The first-order chi connectivity index (χ1) is 11.9. The molecule has 7 nitrogen and oxygen atoms in total. The molecule has 2 atom stereocenters. The van der Waals surface area contributed by atoms with Crippen molar-refractivity contribution >= 4 is 0 Å². The molecule has 2 heterocycles. The third-order valence-corrected chi connectivity index (χ3v) is 4.50. The van der Waals surface area contributed by atoms with Gasteiger partial charge < -0.3 is 24.8 Å². The number of fused-ring (bicyclic) bond motifs is 6. The van der Waals surface area contributed by atoms with E-state index in [-0.39, 0.29) is 0 Å². The lowest BCUT2D eigenvalue weighted by Crippen LogP contribution is -2.39. The molecule has 24 heavy (non-hydrogen) atoms. The molecule has 0 amide bonds. The largest absolute Gasteiger partial charge is 0.379 e. The Balaban J connectivity index is 1.86. The molecule has 2 fully saturated rings. The highest BCUT2D eigenvalue weighted by Crippen LogP contribution is 1.94. The smallest absolute Gasteiger partial charge is 0.0701 e. The van der Waals surface area contributed by atoms with Crippen LogP contribution in [0.1, 0.15) is 6.42 Å². The number of nitrogens with one attached hydrogen (secondary N) is 2. The topological polar surface area (TPSA) is 58.2 Å². The summed E-state index contributed by atoms with van der Waals surface area (Å²) >= 11 is 0. The zero-order valence-corrected chi connectivity index (χ0v) is 15.1. The van der Waals surface area contributed by atoms with Crippen LogP contribution < -0.4 is 10.6 Å². The van der Waals surface area contributed by atoms with Gasteiger partial charge in [0.05, 0.1) is 39.6 Å². The molecule has 142 valence electrons. The fraction of sp³-hybridized carbons (Fsp3) is 1.00. The zero-order valence-electron chi connectivity index (χ0n) is 15.1. The standard InChI is InChI=1S/C17H36N4O3/c1-2-18-4-6-20-8-12-22-13-9-21(7-5-19-3-1)11-15-24-17-16-23-14-10-20/h18-19H,1-17H2. The monoisotopic (exact) mass is 344 g/mol. The summed E-state index contributed by atoms with van der Waals surface area (Å²) in [5.41, 5.74) is 0. The second-order valence-electron chi connectivity index (χ2n) is 6.37. The Morgan fingerprint density at radius 1 is 0.458 bits per heavy atom. The second-order valence-corrected chi connectivity index (χ2v) is 6.37. The quantitative estimate of drug-likeness (QED) is 0.560. The SMILES string of the molecule is C1CNCCN2CCOCCOCCN(CCNC1)CCOCC2. The summed E-state index contributed by atoms with van der Waals surface area (Å²) in [7, 11) is 0. The Labute approximate surface area is 147 Å². The van der Waals surface area contributed by atoms with Crippen molar-refractivity contribution in [2.45, 2.75) is 6.42 Å². The van der Waals surface area contributed by atoms with Crippen LogP contribution in [0.2, 0.25) is 0 Å². The molecular formula is C17H36N4O3. The van der Waals surface area contributed by atoms with E-state index in [1.54, 1.807) is 0 Å². The number of nitrogens with zero attached hydrogens (tertiary/aromatic N) is 2. The first-order valence-electron chi connectivity index (χ1n) is 9.54. The van der Waals surface area contributed by atoms with Crippen molar-refractivity contribution in [2.75, 3.05) is 105 Å². The third kappa shape index (κ3) is 9.88. The third-order valence-electron chi connectivity index (χ3n) is 4.50. The van der Waals surface area contributed by atoms with Crippen LogP contribution in [0.25, 0.3) is 0 Å². The molecule has 7 heteroatoms. The average Bonchev–Trinajstić information content (AvgIpc) is 2.59. The Morgan fingerprint density at radius 2 is 0.875 bits per heavy atom. The summed E-state index contributed by atoms with van der Waals surface area (Å²) in [6.07, 6.45) is 1.18. The molecule has 0 aromatic heterocycles. The van der Waals surface area contributed by atoms with Gasteiger partial charge in [-0.15, -0.1) is 0 Å². The molecule has 0 aromatic rings. The highest BCUT2D eigenvalue weighted by atomic mass is 16.5. The summed E-state index contributed by atoms with van der Waals surface area (Å²) in [6, 6.07) is 0. The fourth-order valence-corrected chi connectivity index (χ4v) is 2.93. The molecule has 0 spiro atoms. The maximum Gasteiger partial charge on any atom is 0.0701 e. The number of rotatable bonds is 0. The van der Waals surface area contributed by atoms with E-state index in [1.165, 1.54) is 6.42 Å². The molecule has 2 rings (SSSR count). The highest BCUT2D eigenvalue weighted by Gasteiger charge is 2.08. The van der Waals surface area contributed by atoms with Gasteiger partial charge in [-0.3, -0.25) is 9.80 Å². The van der Waals surface area contributed by atoms with Crippen LogP contribution in [0.3, 0.4) is 0 Å². The van der Waals surface area contributed by atoms with Crippen molar-refractivity contribution in [3.05, 3.63) is 0 Å². The van der Waals surface area contributed by atoms with Gasteiger partial charge in [-0.25, -0.2) is 0 Å². The Morgan fingerprint density at radius 3 is 1.33 bits per heavy atom. The van der Waals surface area contributed by atoms with Crippen molar-refractivity contribution in [3.8, 4) is 0 Å². The van der Waals surface area contributed by atoms with Gasteiger partial charge in [0.1, 0.15) is 0 Å². The molecule has 2 unspecified atom stereocenters. The molecule has 0 aliphatic carbocycles. The first kappa shape index (κ1) is 20.0. The van der Waals surface area contributed by atoms with Crippen molar-refractivity contribution in [1.29, 1.82) is 0 Å². The second kappa shape index (κ2) is 13.9. The van der Waals surface area contributed by atoms with E-state index in [2.05, 4.69) is 20.4 Å². The van der Waals surface area contributed by atoms with Crippen LogP contribution in [0.15, 0.2) is 0 Å². The van der Waals surface area contributed by atoms with E-state index in [0.717, 1.165) is 91.9 Å². The fourth-order valence-electron chi connectivity index (χ4n) is 2.93. The van der Waals surface area contributed by atoms with E-state index >= 15 is 0 Å². The van der Waals surface area contributed by atoms with Crippen LogP contribution in [-0.2, 0) is 14.2 Å². The Kier molecular flexibility index (Phi) is 11.6. The van der Waals surface area contributed by atoms with Gasteiger partial charge in [-0.05, 0) is 19.5 Å². The van der Waals surface area contributed by atoms with Gasteiger partial charge in [0.2, 0.25) is 0 Å². The minimum Gasteiger partial charge on any atom is -0.379 e. The van der Waals surface area contributed by atoms with Crippen LogP contribution in [-0.4, -0.2) is 115 Å². The van der Waals surface area contributed by atoms with Gasteiger partial charge in [-0.1, -0.05) is 0 Å². The van der Waals surface area contributed by atoms with E-state index in [9.17, 15) is 0 Å². The Bertz CT molecular complexity index is 271. The van der Waals surface area contributed by atoms with Crippen molar-refractivity contribution in [3.63, 3.8) is 0 Å². The lowest BCUT2D eigenvalue weighted by Gasteiger charge is -2.24. The Hall–Kier alpha value is -0.280. The maximum atomic E-state index is 5.86. The number of ether oxygens (including phenoxy) is 3. The molecule has 2 bridgehead atoms. The van der Waals surface area contributed by atoms with Gasteiger partial charge >= 0.3 is 0 Å². The molecule has 0 radical (unpaired) electrons. The van der Waals surface area contributed by atoms with E-state index in [0.29, 0.717) is 13.2 Å². The highest BCUT2D eigenvalue weighted by molar-refractivity contribution is 4.64. The molecule has 2 aliphatic heterocycles. The lowest BCUT2D eigenvalue weighted by atomic mass is 10.3. The van der Waals surface area contributed by atoms with Gasteiger partial charge in [0, 0.05) is 52.4 Å². The summed E-state index contributed by atoms with van der Waals surface area (Å²) in [5, 5.41) is 7.07. The summed E-state index contributed by atoms with van der Waals surface area (Å²) in [5.74, 6) is 0. The summed E-state index contributed by atoms with van der Waals surface area (Å²) < 4.78 is 17.3.